The lowest BCUT2D eigenvalue weighted by atomic mass is 10.3. The SMILES string of the molecule is Cn1c(CCCO)nc2cc(F)ccc21. The number of imidazole rings is 1. The van der Waals surface area contributed by atoms with Crippen LogP contribution in [0.4, 0.5) is 4.39 Å². The van der Waals surface area contributed by atoms with Crippen LogP contribution < -0.4 is 0 Å². The van der Waals surface area contributed by atoms with E-state index in [1.165, 1.54) is 12.1 Å². The number of hydrogen-bond acceptors (Lipinski definition) is 2. The van der Waals surface area contributed by atoms with Crippen molar-refractivity contribution in [3.05, 3.63) is 29.8 Å². The topological polar surface area (TPSA) is 38.0 Å². The Morgan fingerprint density at radius 3 is 3.00 bits per heavy atom. The maximum Gasteiger partial charge on any atom is 0.125 e. The Bertz CT molecular complexity index is 479. The zero-order chi connectivity index (χ0) is 10.8. The lowest BCUT2D eigenvalue weighted by Gasteiger charge is -2.00. The minimum Gasteiger partial charge on any atom is -0.396 e. The molecule has 1 aromatic carbocycles. The monoisotopic (exact) mass is 208 g/mol. The van der Waals surface area contributed by atoms with Crippen molar-refractivity contribution in [2.45, 2.75) is 12.8 Å². The number of benzene rings is 1. The smallest absolute Gasteiger partial charge is 0.125 e. The van der Waals surface area contributed by atoms with Gasteiger partial charge in [-0.3, -0.25) is 0 Å². The number of hydrogen-bond donors (Lipinski definition) is 1. The van der Waals surface area contributed by atoms with Crippen molar-refractivity contribution in [3.63, 3.8) is 0 Å². The van der Waals surface area contributed by atoms with Gasteiger partial charge in [-0.25, -0.2) is 9.37 Å². The normalized spacial score (nSPS) is 11.1. The number of rotatable bonds is 3. The van der Waals surface area contributed by atoms with E-state index in [9.17, 15) is 4.39 Å². The molecule has 0 bridgehead atoms. The minimum absolute atomic E-state index is 0.150. The maximum absolute atomic E-state index is 12.9. The quantitative estimate of drug-likeness (QED) is 0.832. The van der Waals surface area contributed by atoms with Crippen molar-refractivity contribution >= 4 is 11.0 Å². The highest BCUT2D eigenvalue weighted by Crippen LogP contribution is 2.16. The largest absolute Gasteiger partial charge is 0.396 e. The zero-order valence-electron chi connectivity index (χ0n) is 8.57. The van der Waals surface area contributed by atoms with E-state index in [-0.39, 0.29) is 12.4 Å². The first-order valence-corrected chi connectivity index (χ1v) is 4.94. The average molecular weight is 208 g/mol. The van der Waals surface area contributed by atoms with Gasteiger partial charge in [-0.2, -0.15) is 0 Å². The molecule has 80 valence electrons. The number of halogens is 1. The van der Waals surface area contributed by atoms with Crippen LogP contribution in [0.15, 0.2) is 18.2 Å². The number of fused-ring (bicyclic) bond motifs is 1. The summed E-state index contributed by atoms with van der Waals surface area (Å²) in [5.74, 6) is 0.610. The molecule has 1 aromatic heterocycles. The average Bonchev–Trinajstić information content (AvgIpc) is 2.52. The van der Waals surface area contributed by atoms with Gasteiger partial charge in [0.05, 0.1) is 11.0 Å². The first-order valence-electron chi connectivity index (χ1n) is 4.94. The molecule has 0 saturated carbocycles. The van der Waals surface area contributed by atoms with Crippen molar-refractivity contribution in [3.8, 4) is 0 Å². The molecule has 0 radical (unpaired) electrons. The summed E-state index contributed by atoms with van der Waals surface area (Å²) >= 11 is 0. The Hall–Kier alpha value is -1.42. The molecular weight excluding hydrogens is 195 g/mol. The fourth-order valence-electron chi connectivity index (χ4n) is 1.68. The van der Waals surface area contributed by atoms with Crippen LogP contribution in [0.5, 0.6) is 0 Å². The second-order valence-electron chi connectivity index (χ2n) is 3.55. The summed E-state index contributed by atoms with van der Waals surface area (Å²) in [5.41, 5.74) is 1.59. The van der Waals surface area contributed by atoms with Crippen LogP contribution >= 0.6 is 0 Å². The molecule has 0 aliphatic carbocycles. The Morgan fingerprint density at radius 2 is 2.27 bits per heavy atom. The standard InChI is InChI=1S/C11H13FN2O/c1-14-10-5-4-8(12)7-9(10)13-11(14)3-2-6-15/h4-5,7,15H,2-3,6H2,1H3. The van der Waals surface area contributed by atoms with Crippen molar-refractivity contribution in [1.82, 2.24) is 9.55 Å². The van der Waals surface area contributed by atoms with Gasteiger partial charge in [0, 0.05) is 26.1 Å². The van der Waals surface area contributed by atoms with E-state index in [0.717, 1.165) is 11.3 Å². The van der Waals surface area contributed by atoms with Gasteiger partial charge in [0.25, 0.3) is 0 Å². The minimum atomic E-state index is -0.269. The van der Waals surface area contributed by atoms with E-state index in [1.54, 1.807) is 6.07 Å². The van der Waals surface area contributed by atoms with E-state index in [2.05, 4.69) is 4.98 Å². The van der Waals surface area contributed by atoms with Gasteiger partial charge in [-0.1, -0.05) is 0 Å². The molecule has 0 spiro atoms. The van der Waals surface area contributed by atoms with Crippen LogP contribution in [0, 0.1) is 5.82 Å². The molecule has 0 saturated heterocycles. The molecule has 0 atom stereocenters. The highest BCUT2D eigenvalue weighted by molar-refractivity contribution is 5.75. The van der Waals surface area contributed by atoms with Crippen LogP contribution in [-0.4, -0.2) is 21.3 Å². The number of aromatic nitrogens is 2. The molecule has 0 unspecified atom stereocenters. The highest BCUT2D eigenvalue weighted by Gasteiger charge is 2.07. The van der Waals surface area contributed by atoms with Gasteiger partial charge in [0.15, 0.2) is 0 Å². The summed E-state index contributed by atoms with van der Waals surface area (Å²) in [4.78, 5) is 4.32. The molecule has 0 aliphatic heterocycles. The van der Waals surface area contributed by atoms with Crippen LogP contribution in [0.25, 0.3) is 11.0 Å². The number of aliphatic hydroxyl groups is 1. The Kier molecular flexibility index (Phi) is 2.68. The molecule has 0 aliphatic rings. The molecule has 3 nitrogen and oxygen atoms in total. The van der Waals surface area contributed by atoms with Gasteiger partial charge in [0.2, 0.25) is 0 Å². The molecular formula is C11H13FN2O. The summed E-state index contributed by atoms with van der Waals surface area (Å²) in [6.07, 6.45) is 1.39. The first-order chi connectivity index (χ1) is 7.22. The predicted molar refractivity (Wildman–Crippen MR) is 56.1 cm³/mol. The van der Waals surface area contributed by atoms with Crippen LogP contribution in [0.1, 0.15) is 12.2 Å². The predicted octanol–water partition coefficient (Wildman–Crippen LogP) is 1.64. The second kappa shape index (κ2) is 3.98. The van der Waals surface area contributed by atoms with Gasteiger partial charge >= 0.3 is 0 Å². The second-order valence-corrected chi connectivity index (χ2v) is 3.55. The van der Waals surface area contributed by atoms with Crippen molar-refractivity contribution in [2.75, 3.05) is 6.61 Å². The lowest BCUT2D eigenvalue weighted by Crippen LogP contribution is -1.99. The van der Waals surface area contributed by atoms with Crippen LogP contribution in [-0.2, 0) is 13.5 Å². The highest BCUT2D eigenvalue weighted by atomic mass is 19.1. The molecule has 0 amide bonds. The van der Waals surface area contributed by atoms with Gasteiger partial charge in [-0.15, -0.1) is 0 Å². The number of nitrogens with zero attached hydrogens (tertiary/aromatic N) is 2. The molecule has 1 heterocycles. The van der Waals surface area contributed by atoms with E-state index in [1.807, 2.05) is 11.6 Å². The number of aliphatic hydroxyl groups excluding tert-OH is 1. The summed E-state index contributed by atoms with van der Waals surface area (Å²) in [7, 11) is 1.90. The fourth-order valence-corrected chi connectivity index (χ4v) is 1.68. The van der Waals surface area contributed by atoms with Crippen molar-refractivity contribution in [1.29, 1.82) is 0 Å². The molecule has 1 N–H and O–H groups in total. The van der Waals surface area contributed by atoms with Gasteiger partial charge in [-0.05, 0) is 18.6 Å². The van der Waals surface area contributed by atoms with Crippen LogP contribution in [0.3, 0.4) is 0 Å². The third-order valence-electron chi connectivity index (χ3n) is 2.49. The molecule has 0 fully saturated rings. The summed E-state index contributed by atoms with van der Waals surface area (Å²) in [6, 6.07) is 4.58. The molecule has 15 heavy (non-hydrogen) atoms. The van der Waals surface area contributed by atoms with Gasteiger partial charge in [0.1, 0.15) is 11.6 Å². The third-order valence-corrected chi connectivity index (χ3v) is 2.49. The Balaban J connectivity index is 2.44. The fraction of sp³-hybridized carbons (Fsp3) is 0.364. The number of aryl methyl sites for hydroxylation is 2. The first kappa shape index (κ1) is 10.1. The summed E-state index contributed by atoms with van der Waals surface area (Å²) in [6.45, 7) is 0.150. The third kappa shape index (κ3) is 1.85. The van der Waals surface area contributed by atoms with Gasteiger partial charge < -0.3 is 9.67 Å². The summed E-state index contributed by atoms with van der Waals surface area (Å²) in [5, 5.41) is 8.74. The van der Waals surface area contributed by atoms with Crippen molar-refractivity contribution in [2.24, 2.45) is 7.05 Å². The van der Waals surface area contributed by atoms with E-state index >= 15 is 0 Å². The molecule has 2 rings (SSSR count). The van der Waals surface area contributed by atoms with Crippen molar-refractivity contribution < 1.29 is 9.50 Å². The van der Waals surface area contributed by atoms with Crippen LogP contribution in [0.2, 0.25) is 0 Å². The lowest BCUT2D eigenvalue weighted by molar-refractivity contribution is 0.287. The Morgan fingerprint density at radius 1 is 1.47 bits per heavy atom. The molecule has 4 heteroatoms. The molecule has 2 aromatic rings. The van der Waals surface area contributed by atoms with E-state index < -0.39 is 0 Å². The Labute approximate surface area is 87.2 Å². The van der Waals surface area contributed by atoms with E-state index in [4.69, 9.17) is 5.11 Å². The van der Waals surface area contributed by atoms with E-state index in [0.29, 0.717) is 18.4 Å². The maximum atomic E-state index is 12.9. The summed E-state index contributed by atoms with van der Waals surface area (Å²) < 4.78 is 14.9. The zero-order valence-corrected chi connectivity index (χ0v) is 8.57.